The van der Waals surface area contributed by atoms with Gasteiger partial charge in [-0.15, -0.1) is 0 Å². The fraction of sp³-hybridized carbons (Fsp3) is 0.400. The number of nitrogens with zero attached hydrogens (tertiary/aromatic N) is 1. The lowest BCUT2D eigenvalue weighted by atomic mass is 10.0. The maximum Gasteiger partial charge on any atom is 0.287 e. The van der Waals surface area contributed by atoms with Crippen molar-refractivity contribution in [1.82, 2.24) is 16.0 Å². The SMILES string of the molecule is CN=C(NCCCNC(=O)c1occc1C)NCC(CO)c1ccccc1. The highest BCUT2D eigenvalue weighted by atomic mass is 16.3. The van der Waals surface area contributed by atoms with Gasteiger partial charge in [0, 0.05) is 38.2 Å². The number of amides is 1. The quantitative estimate of drug-likeness (QED) is 0.305. The number of aryl methyl sites for hydroxylation is 1. The maximum absolute atomic E-state index is 11.9. The lowest BCUT2D eigenvalue weighted by Crippen LogP contribution is -2.41. The fourth-order valence-electron chi connectivity index (χ4n) is 2.64. The van der Waals surface area contributed by atoms with E-state index in [9.17, 15) is 9.90 Å². The molecule has 0 aliphatic heterocycles. The second-order valence-electron chi connectivity index (χ2n) is 6.21. The minimum atomic E-state index is -0.200. The third-order valence-corrected chi connectivity index (χ3v) is 4.23. The summed E-state index contributed by atoms with van der Waals surface area (Å²) in [7, 11) is 1.70. The molecule has 0 saturated carbocycles. The number of carbonyl (C=O) groups excluding carboxylic acids is 1. The number of hydrogen-bond acceptors (Lipinski definition) is 4. The van der Waals surface area contributed by atoms with Gasteiger partial charge in [-0.05, 0) is 25.0 Å². The van der Waals surface area contributed by atoms with Crippen LogP contribution in [0, 0.1) is 6.92 Å². The highest BCUT2D eigenvalue weighted by Gasteiger charge is 2.12. The third kappa shape index (κ3) is 6.45. The number of aliphatic imine (C=N–C) groups is 1. The Bertz CT molecular complexity index is 728. The molecule has 0 spiro atoms. The van der Waals surface area contributed by atoms with Crippen LogP contribution >= 0.6 is 0 Å². The molecule has 146 valence electrons. The van der Waals surface area contributed by atoms with Crippen LogP contribution < -0.4 is 16.0 Å². The Labute approximate surface area is 159 Å². The predicted molar refractivity (Wildman–Crippen MR) is 106 cm³/mol. The molecule has 27 heavy (non-hydrogen) atoms. The smallest absolute Gasteiger partial charge is 0.287 e. The van der Waals surface area contributed by atoms with Gasteiger partial charge in [0.2, 0.25) is 0 Å². The molecule has 1 amide bonds. The first-order valence-electron chi connectivity index (χ1n) is 9.08. The highest BCUT2D eigenvalue weighted by Crippen LogP contribution is 2.13. The van der Waals surface area contributed by atoms with Crippen molar-refractivity contribution >= 4 is 11.9 Å². The summed E-state index contributed by atoms with van der Waals surface area (Å²) in [6, 6.07) is 11.6. The summed E-state index contributed by atoms with van der Waals surface area (Å²) in [6.07, 6.45) is 2.25. The molecule has 1 aromatic carbocycles. The van der Waals surface area contributed by atoms with Crippen LogP contribution in [-0.2, 0) is 0 Å². The topological polar surface area (TPSA) is 98.9 Å². The normalized spacial score (nSPS) is 12.5. The first-order chi connectivity index (χ1) is 13.2. The van der Waals surface area contributed by atoms with E-state index in [2.05, 4.69) is 20.9 Å². The lowest BCUT2D eigenvalue weighted by Gasteiger charge is -2.18. The summed E-state index contributed by atoms with van der Waals surface area (Å²) >= 11 is 0. The number of furan rings is 1. The number of rotatable bonds is 9. The number of aliphatic hydroxyl groups is 1. The van der Waals surface area contributed by atoms with Gasteiger partial charge in [0.1, 0.15) is 0 Å². The van der Waals surface area contributed by atoms with Gasteiger partial charge in [0.05, 0.1) is 12.9 Å². The van der Waals surface area contributed by atoms with Crippen LogP contribution in [0.3, 0.4) is 0 Å². The molecule has 1 atom stereocenters. The Morgan fingerprint density at radius 2 is 1.89 bits per heavy atom. The molecule has 0 aliphatic carbocycles. The van der Waals surface area contributed by atoms with Crippen molar-refractivity contribution in [3.63, 3.8) is 0 Å². The summed E-state index contributed by atoms with van der Waals surface area (Å²) in [6.45, 7) is 3.67. The number of nitrogens with one attached hydrogen (secondary N) is 3. The van der Waals surface area contributed by atoms with E-state index in [1.807, 2.05) is 37.3 Å². The van der Waals surface area contributed by atoms with Crippen molar-refractivity contribution in [1.29, 1.82) is 0 Å². The molecule has 7 nitrogen and oxygen atoms in total. The lowest BCUT2D eigenvalue weighted by molar-refractivity contribution is 0.0925. The predicted octanol–water partition coefficient (Wildman–Crippen LogP) is 1.65. The molecule has 4 N–H and O–H groups in total. The molecule has 1 aromatic heterocycles. The number of carbonyl (C=O) groups is 1. The van der Waals surface area contributed by atoms with Crippen molar-refractivity contribution in [3.05, 3.63) is 59.5 Å². The molecular formula is C20H28N4O3. The van der Waals surface area contributed by atoms with Crippen LogP contribution in [0.2, 0.25) is 0 Å². The second kappa shape index (κ2) is 11.0. The van der Waals surface area contributed by atoms with Crippen molar-refractivity contribution in [3.8, 4) is 0 Å². The fourth-order valence-corrected chi connectivity index (χ4v) is 2.64. The van der Waals surface area contributed by atoms with Gasteiger partial charge < -0.3 is 25.5 Å². The average Bonchev–Trinajstić information content (AvgIpc) is 3.13. The summed E-state index contributed by atoms with van der Waals surface area (Å²) in [4.78, 5) is 16.1. The van der Waals surface area contributed by atoms with Crippen molar-refractivity contribution in [2.75, 3.05) is 33.3 Å². The van der Waals surface area contributed by atoms with Crippen LogP contribution in [0.1, 0.15) is 34.0 Å². The van der Waals surface area contributed by atoms with E-state index in [0.29, 0.717) is 31.4 Å². The highest BCUT2D eigenvalue weighted by molar-refractivity contribution is 5.92. The maximum atomic E-state index is 11.9. The Morgan fingerprint density at radius 1 is 1.15 bits per heavy atom. The monoisotopic (exact) mass is 372 g/mol. The van der Waals surface area contributed by atoms with Crippen LogP contribution in [0.4, 0.5) is 0 Å². The zero-order valence-electron chi connectivity index (χ0n) is 15.9. The second-order valence-corrected chi connectivity index (χ2v) is 6.21. The zero-order valence-corrected chi connectivity index (χ0v) is 15.9. The zero-order chi connectivity index (χ0) is 19.5. The van der Waals surface area contributed by atoms with E-state index < -0.39 is 0 Å². The van der Waals surface area contributed by atoms with Crippen LogP contribution in [0.5, 0.6) is 0 Å². The Balaban J connectivity index is 1.67. The van der Waals surface area contributed by atoms with Crippen LogP contribution in [-0.4, -0.2) is 50.3 Å². The van der Waals surface area contributed by atoms with Crippen molar-refractivity contribution in [2.45, 2.75) is 19.3 Å². The number of benzene rings is 1. The molecule has 0 fully saturated rings. The summed E-state index contributed by atoms with van der Waals surface area (Å²) in [5, 5.41) is 18.9. The van der Waals surface area contributed by atoms with Crippen LogP contribution in [0.25, 0.3) is 0 Å². The molecule has 2 aromatic rings. The van der Waals surface area contributed by atoms with Gasteiger partial charge in [0.25, 0.3) is 5.91 Å². The summed E-state index contributed by atoms with van der Waals surface area (Å²) in [5.74, 6) is 0.822. The largest absolute Gasteiger partial charge is 0.459 e. The summed E-state index contributed by atoms with van der Waals surface area (Å²) < 4.78 is 5.16. The minimum Gasteiger partial charge on any atom is -0.459 e. The third-order valence-electron chi connectivity index (χ3n) is 4.23. The van der Waals surface area contributed by atoms with E-state index in [1.165, 1.54) is 6.26 Å². The van der Waals surface area contributed by atoms with E-state index >= 15 is 0 Å². The van der Waals surface area contributed by atoms with Crippen molar-refractivity contribution < 1.29 is 14.3 Å². The molecule has 1 heterocycles. The molecule has 1 unspecified atom stereocenters. The number of guanidine groups is 1. The van der Waals surface area contributed by atoms with Gasteiger partial charge in [-0.2, -0.15) is 0 Å². The van der Waals surface area contributed by atoms with Gasteiger partial charge in [-0.3, -0.25) is 9.79 Å². The summed E-state index contributed by atoms with van der Waals surface area (Å²) in [5.41, 5.74) is 1.91. The Morgan fingerprint density at radius 3 is 2.52 bits per heavy atom. The van der Waals surface area contributed by atoms with Gasteiger partial charge in [0.15, 0.2) is 11.7 Å². The number of hydrogen-bond donors (Lipinski definition) is 4. The van der Waals surface area contributed by atoms with Gasteiger partial charge in [-0.25, -0.2) is 0 Å². The average molecular weight is 372 g/mol. The van der Waals surface area contributed by atoms with E-state index in [-0.39, 0.29) is 18.4 Å². The standard InChI is InChI=1S/C20H28N4O3/c1-15-9-12-27-18(15)19(26)22-10-6-11-23-20(21-2)24-13-17(14-25)16-7-4-3-5-8-16/h3-5,7-9,12,17,25H,6,10-11,13-14H2,1-2H3,(H,22,26)(H2,21,23,24). The van der Waals surface area contributed by atoms with Crippen molar-refractivity contribution in [2.24, 2.45) is 4.99 Å². The molecule has 0 bridgehead atoms. The Kier molecular flexibility index (Phi) is 8.38. The molecule has 0 aliphatic rings. The molecule has 0 saturated heterocycles. The molecular weight excluding hydrogens is 344 g/mol. The number of aliphatic hydroxyl groups excluding tert-OH is 1. The van der Waals surface area contributed by atoms with Crippen LogP contribution in [0.15, 0.2) is 52.1 Å². The van der Waals surface area contributed by atoms with E-state index in [4.69, 9.17) is 4.42 Å². The van der Waals surface area contributed by atoms with E-state index in [1.54, 1.807) is 13.1 Å². The van der Waals surface area contributed by atoms with Gasteiger partial charge in [-0.1, -0.05) is 30.3 Å². The first kappa shape index (κ1) is 20.5. The van der Waals surface area contributed by atoms with Gasteiger partial charge >= 0.3 is 0 Å². The molecule has 0 radical (unpaired) electrons. The Hall–Kier alpha value is -2.80. The van der Waals surface area contributed by atoms with E-state index in [0.717, 1.165) is 17.5 Å². The minimum absolute atomic E-state index is 0.000531. The first-order valence-corrected chi connectivity index (χ1v) is 9.08. The molecule has 7 heteroatoms. The molecule has 2 rings (SSSR count).